The molecule has 0 heterocycles. The van der Waals surface area contributed by atoms with Crippen LogP contribution in [0.15, 0.2) is 187 Å². The quantitative estimate of drug-likeness (QED) is 0.108. The first kappa shape index (κ1) is 29.3. The molecule has 2 nitrogen and oxygen atoms in total. The van der Waals surface area contributed by atoms with Gasteiger partial charge in [0.1, 0.15) is 0 Å². The first-order chi connectivity index (χ1) is 23.7. The minimum absolute atomic E-state index is 0.344. The molecule has 0 saturated carbocycles. The molecule has 0 fully saturated rings. The Bertz CT molecular complexity index is 2390. The van der Waals surface area contributed by atoms with Gasteiger partial charge in [0.25, 0.3) is 0 Å². The Labute approximate surface area is 281 Å². The largest absolute Gasteiger partial charge is 0.321 e. The summed E-state index contributed by atoms with van der Waals surface area (Å²) >= 11 is 0. The van der Waals surface area contributed by atoms with E-state index in [0.717, 1.165) is 44.6 Å². The van der Waals surface area contributed by atoms with E-state index in [0.29, 0.717) is 0 Å². The lowest BCUT2D eigenvalue weighted by atomic mass is 9.93. The summed E-state index contributed by atoms with van der Waals surface area (Å²) in [6.45, 7) is 0. The van der Waals surface area contributed by atoms with E-state index in [1.807, 2.05) is 18.2 Å². The number of nitrogens with two attached hydrogens (primary N) is 1. The Hall–Kier alpha value is -6.09. The highest BCUT2D eigenvalue weighted by molar-refractivity contribution is 6.22. The molecule has 2 N–H and O–H groups in total. The van der Waals surface area contributed by atoms with Crippen LogP contribution in [0.2, 0.25) is 0 Å². The fraction of sp³-hybridized carbons (Fsp3) is 0.0217. The molecule has 0 bridgehead atoms. The molecule has 8 aromatic carbocycles. The third-order valence-electron chi connectivity index (χ3n) is 9.09. The Morgan fingerprint density at radius 1 is 0.479 bits per heavy atom. The molecule has 2 heteroatoms. The molecule has 0 aliphatic carbocycles. The van der Waals surface area contributed by atoms with Gasteiger partial charge in [0.2, 0.25) is 0 Å². The predicted molar refractivity (Wildman–Crippen MR) is 205 cm³/mol. The zero-order chi connectivity index (χ0) is 32.3. The average Bonchev–Trinajstić information content (AvgIpc) is 3.16. The fourth-order valence-corrected chi connectivity index (χ4v) is 6.67. The van der Waals surface area contributed by atoms with Crippen LogP contribution in [0.5, 0.6) is 0 Å². The number of nitrogens with zero attached hydrogens (tertiary/aromatic N) is 1. The highest BCUT2D eigenvalue weighted by atomic mass is 14.7. The molecule has 0 amide bonds. The van der Waals surface area contributed by atoms with Gasteiger partial charge in [-0.15, -0.1) is 0 Å². The number of rotatable bonds is 7. The molecule has 1 atom stereocenters. The van der Waals surface area contributed by atoms with Crippen LogP contribution in [0.3, 0.4) is 0 Å². The first-order valence-electron chi connectivity index (χ1n) is 16.4. The maximum atomic E-state index is 6.91. The summed E-state index contributed by atoms with van der Waals surface area (Å²) in [5.41, 5.74) is 15.4. The second-order valence-corrected chi connectivity index (χ2v) is 12.2. The van der Waals surface area contributed by atoms with E-state index >= 15 is 0 Å². The molecule has 0 radical (unpaired) electrons. The maximum absolute atomic E-state index is 6.91. The predicted octanol–water partition coefficient (Wildman–Crippen LogP) is 11.6. The zero-order valence-corrected chi connectivity index (χ0v) is 26.5. The molecule has 228 valence electrons. The minimum Gasteiger partial charge on any atom is -0.321 e. The molecule has 8 rings (SSSR count). The monoisotopic (exact) mass is 614 g/mol. The second kappa shape index (κ2) is 13.0. The number of aliphatic imine (C=N–C) groups is 1. The van der Waals surface area contributed by atoms with Crippen molar-refractivity contribution in [2.75, 3.05) is 0 Å². The van der Waals surface area contributed by atoms with Crippen LogP contribution in [0.4, 0.5) is 0 Å². The van der Waals surface area contributed by atoms with E-state index in [9.17, 15) is 0 Å². The summed E-state index contributed by atoms with van der Waals surface area (Å²) in [6, 6.07) is 61.6. The van der Waals surface area contributed by atoms with Crippen LogP contribution in [0.1, 0.15) is 22.7 Å². The summed E-state index contributed by atoms with van der Waals surface area (Å²) in [5, 5.41) is 7.17. The van der Waals surface area contributed by atoms with Crippen LogP contribution in [-0.4, -0.2) is 6.21 Å². The SMILES string of the molecule is NC(/C=C(\N=C\c1c2ccccc2cc2ccc3ccccc3c12)c1cc(-c2ccccc2)cc(-c2ccccc2)c1)c1ccccc1. The van der Waals surface area contributed by atoms with Gasteiger partial charge < -0.3 is 5.73 Å². The van der Waals surface area contributed by atoms with Crippen molar-refractivity contribution in [2.24, 2.45) is 10.7 Å². The number of hydrogen-bond donors (Lipinski definition) is 1. The fourth-order valence-electron chi connectivity index (χ4n) is 6.67. The molecule has 1 unspecified atom stereocenters. The summed E-state index contributed by atoms with van der Waals surface area (Å²) in [6.07, 6.45) is 4.15. The Kier molecular flexibility index (Phi) is 7.92. The summed E-state index contributed by atoms with van der Waals surface area (Å²) in [7, 11) is 0. The summed E-state index contributed by atoms with van der Waals surface area (Å²) < 4.78 is 0. The third kappa shape index (κ3) is 5.82. The van der Waals surface area contributed by atoms with Gasteiger partial charge in [0, 0.05) is 17.3 Å². The minimum atomic E-state index is -0.344. The van der Waals surface area contributed by atoms with Crippen LogP contribution >= 0.6 is 0 Å². The van der Waals surface area contributed by atoms with E-state index in [2.05, 4.69) is 170 Å². The van der Waals surface area contributed by atoms with Crippen LogP contribution in [0, 0.1) is 0 Å². The lowest BCUT2D eigenvalue weighted by Gasteiger charge is -2.15. The van der Waals surface area contributed by atoms with Crippen LogP contribution < -0.4 is 5.73 Å². The summed E-state index contributed by atoms with van der Waals surface area (Å²) in [5.74, 6) is 0. The Morgan fingerprint density at radius 2 is 1.02 bits per heavy atom. The standard InChI is InChI=1S/C46H34N2/c47-44(35-19-8-3-9-20-35)30-45(40-28-38(32-14-4-1-5-15-32)27-39(29-40)33-16-6-2-7-17-33)48-31-43-41-22-12-11-21-36(41)26-37-25-24-34-18-10-13-23-42(34)46(37)43/h1-31,44H,47H2/b45-30-,48-31+. The van der Waals surface area contributed by atoms with Gasteiger partial charge >= 0.3 is 0 Å². The van der Waals surface area contributed by atoms with E-state index in [1.54, 1.807) is 0 Å². The van der Waals surface area contributed by atoms with Crippen molar-refractivity contribution in [3.8, 4) is 22.3 Å². The number of hydrogen-bond acceptors (Lipinski definition) is 2. The Morgan fingerprint density at radius 3 is 1.69 bits per heavy atom. The lowest BCUT2D eigenvalue weighted by Crippen LogP contribution is -2.07. The molecular weight excluding hydrogens is 581 g/mol. The van der Waals surface area contributed by atoms with Crippen molar-refractivity contribution in [1.29, 1.82) is 0 Å². The van der Waals surface area contributed by atoms with Crippen molar-refractivity contribution >= 4 is 44.2 Å². The topological polar surface area (TPSA) is 38.4 Å². The van der Waals surface area contributed by atoms with E-state index in [4.69, 9.17) is 10.7 Å². The average molecular weight is 615 g/mol. The molecule has 0 aliphatic rings. The highest BCUT2D eigenvalue weighted by Crippen LogP contribution is 2.35. The van der Waals surface area contributed by atoms with Gasteiger partial charge in [-0.05, 0) is 90.5 Å². The van der Waals surface area contributed by atoms with Crippen LogP contribution in [0.25, 0.3) is 60.3 Å². The van der Waals surface area contributed by atoms with E-state index in [1.165, 1.54) is 32.3 Å². The lowest BCUT2D eigenvalue weighted by molar-refractivity contribution is 0.911. The van der Waals surface area contributed by atoms with Gasteiger partial charge in [-0.2, -0.15) is 0 Å². The smallest absolute Gasteiger partial charge is 0.0681 e. The molecule has 0 saturated heterocycles. The molecule has 0 aromatic heterocycles. The number of benzene rings is 8. The van der Waals surface area contributed by atoms with Crippen molar-refractivity contribution in [1.82, 2.24) is 0 Å². The third-order valence-corrected chi connectivity index (χ3v) is 9.09. The van der Waals surface area contributed by atoms with Gasteiger partial charge in [0.05, 0.1) is 11.7 Å². The van der Waals surface area contributed by atoms with Gasteiger partial charge in [-0.3, -0.25) is 4.99 Å². The van der Waals surface area contributed by atoms with Crippen LogP contribution in [-0.2, 0) is 0 Å². The van der Waals surface area contributed by atoms with Crippen molar-refractivity contribution < 1.29 is 0 Å². The van der Waals surface area contributed by atoms with Gasteiger partial charge in [-0.1, -0.05) is 152 Å². The first-order valence-corrected chi connectivity index (χ1v) is 16.4. The molecule has 8 aromatic rings. The number of fused-ring (bicyclic) bond motifs is 4. The van der Waals surface area contributed by atoms with E-state index in [-0.39, 0.29) is 6.04 Å². The summed E-state index contributed by atoms with van der Waals surface area (Å²) in [4.78, 5) is 5.36. The molecule has 0 spiro atoms. The molecular formula is C46H34N2. The normalized spacial score (nSPS) is 12.6. The van der Waals surface area contributed by atoms with Crippen molar-refractivity contribution in [3.63, 3.8) is 0 Å². The van der Waals surface area contributed by atoms with Gasteiger partial charge in [0.15, 0.2) is 0 Å². The molecule has 48 heavy (non-hydrogen) atoms. The molecule has 0 aliphatic heterocycles. The zero-order valence-electron chi connectivity index (χ0n) is 26.5. The maximum Gasteiger partial charge on any atom is 0.0681 e. The second-order valence-electron chi connectivity index (χ2n) is 12.2. The Balaban J connectivity index is 1.37. The highest BCUT2D eigenvalue weighted by Gasteiger charge is 2.13. The van der Waals surface area contributed by atoms with E-state index < -0.39 is 0 Å². The van der Waals surface area contributed by atoms with Crippen molar-refractivity contribution in [2.45, 2.75) is 6.04 Å². The van der Waals surface area contributed by atoms with Crippen molar-refractivity contribution in [3.05, 3.63) is 199 Å². The van der Waals surface area contributed by atoms with Gasteiger partial charge in [-0.25, -0.2) is 0 Å².